The van der Waals surface area contributed by atoms with Crippen molar-refractivity contribution >= 4 is 28.2 Å². The smallest absolute Gasteiger partial charge is 0.312 e. The molecule has 1 atom stereocenters. The van der Waals surface area contributed by atoms with Crippen LogP contribution in [0.4, 0.5) is 0 Å². The first-order valence-corrected chi connectivity index (χ1v) is 9.38. The molecule has 0 saturated heterocycles. The van der Waals surface area contributed by atoms with E-state index in [1.54, 1.807) is 6.20 Å². The minimum Gasteiger partial charge on any atom is -0.455 e. The zero-order valence-corrected chi connectivity index (χ0v) is 15.6. The third-order valence-corrected chi connectivity index (χ3v) is 4.87. The summed E-state index contributed by atoms with van der Waals surface area (Å²) in [6.07, 6.45) is 4.69. The van der Waals surface area contributed by atoms with Gasteiger partial charge in [0.2, 0.25) is 0 Å². The number of aromatic nitrogens is 2. The number of benzene rings is 1. The van der Waals surface area contributed by atoms with Gasteiger partial charge in [0.25, 0.3) is 5.91 Å². The second-order valence-electron chi connectivity index (χ2n) is 6.05. The summed E-state index contributed by atoms with van der Waals surface area (Å²) in [7, 11) is 0. The van der Waals surface area contributed by atoms with Crippen LogP contribution in [0, 0.1) is 0 Å². The minimum absolute atomic E-state index is 0.0513. The van der Waals surface area contributed by atoms with Crippen LogP contribution in [-0.2, 0) is 27.2 Å². The fourth-order valence-electron chi connectivity index (χ4n) is 2.61. The third-order valence-electron chi connectivity index (χ3n) is 4.10. The number of nitrogens with zero attached hydrogens (tertiary/aromatic N) is 2. The van der Waals surface area contributed by atoms with Crippen molar-refractivity contribution in [2.45, 2.75) is 32.7 Å². The van der Waals surface area contributed by atoms with E-state index in [1.807, 2.05) is 47.2 Å². The highest BCUT2D eigenvalue weighted by atomic mass is 32.1. The van der Waals surface area contributed by atoms with Crippen LogP contribution in [-0.4, -0.2) is 27.9 Å². The van der Waals surface area contributed by atoms with E-state index in [9.17, 15) is 9.59 Å². The second-order valence-corrected chi connectivity index (χ2v) is 6.92. The molecule has 0 aliphatic heterocycles. The molecule has 0 fully saturated rings. The molecule has 0 spiro atoms. The van der Waals surface area contributed by atoms with Crippen LogP contribution >= 0.6 is 11.3 Å². The lowest BCUT2D eigenvalue weighted by atomic mass is 10.1. The van der Waals surface area contributed by atoms with Crippen molar-refractivity contribution in [3.63, 3.8) is 0 Å². The first kappa shape index (κ1) is 18.1. The topological polar surface area (TPSA) is 72.7 Å². The molecular formula is C19H21N3O3S. The van der Waals surface area contributed by atoms with Gasteiger partial charge in [0.05, 0.1) is 18.2 Å². The molecule has 2 aromatic heterocycles. The molecule has 0 radical (unpaired) electrons. The van der Waals surface area contributed by atoms with Crippen molar-refractivity contribution in [2.24, 2.45) is 0 Å². The van der Waals surface area contributed by atoms with Gasteiger partial charge >= 0.3 is 5.97 Å². The van der Waals surface area contributed by atoms with Crippen molar-refractivity contribution in [1.82, 2.24) is 14.7 Å². The van der Waals surface area contributed by atoms with E-state index >= 15 is 0 Å². The summed E-state index contributed by atoms with van der Waals surface area (Å²) < 4.78 is 6.91. The van der Waals surface area contributed by atoms with E-state index in [1.165, 1.54) is 16.9 Å². The van der Waals surface area contributed by atoms with Gasteiger partial charge in [0.1, 0.15) is 0 Å². The zero-order valence-electron chi connectivity index (χ0n) is 14.8. The van der Waals surface area contributed by atoms with Crippen molar-refractivity contribution in [3.05, 3.63) is 58.9 Å². The van der Waals surface area contributed by atoms with Crippen LogP contribution < -0.4 is 5.32 Å². The number of rotatable bonds is 7. The molecule has 26 heavy (non-hydrogen) atoms. The molecule has 0 aliphatic carbocycles. The van der Waals surface area contributed by atoms with Crippen molar-refractivity contribution in [3.8, 4) is 0 Å². The van der Waals surface area contributed by atoms with Gasteiger partial charge in [-0.15, -0.1) is 11.3 Å². The van der Waals surface area contributed by atoms with Crippen LogP contribution in [0.15, 0.2) is 42.0 Å². The van der Waals surface area contributed by atoms with E-state index < -0.39 is 5.97 Å². The number of esters is 1. The molecule has 0 bridgehead atoms. The number of nitrogens with one attached hydrogen (secondary N) is 1. The highest BCUT2D eigenvalue weighted by molar-refractivity contribution is 7.15. The van der Waals surface area contributed by atoms with Gasteiger partial charge < -0.3 is 10.1 Å². The Morgan fingerprint density at radius 2 is 2.08 bits per heavy atom. The summed E-state index contributed by atoms with van der Waals surface area (Å²) in [5.74, 6) is -0.790. The number of carbonyl (C=O) groups excluding carboxylic acids is 2. The van der Waals surface area contributed by atoms with Gasteiger partial charge in [0.15, 0.2) is 11.6 Å². The lowest BCUT2D eigenvalue weighted by Gasteiger charge is -2.14. The first-order valence-electron chi connectivity index (χ1n) is 8.50. The average molecular weight is 371 g/mol. The molecule has 136 valence electrons. The fraction of sp³-hybridized carbons (Fsp3) is 0.316. The van der Waals surface area contributed by atoms with E-state index in [2.05, 4.69) is 17.2 Å². The summed E-state index contributed by atoms with van der Waals surface area (Å²) in [5.41, 5.74) is 2.90. The monoisotopic (exact) mass is 371 g/mol. The fourth-order valence-corrected chi connectivity index (χ4v) is 3.33. The largest absolute Gasteiger partial charge is 0.455 e. The molecule has 6 nitrogen and oxygen atoms in total. The maximum absolute atomic E-state index is 12.0. The van der Waals surface area contributed by atoms with Crippen LogP contribution in [0.3, 0.4) is 0 Å². The second kappa shape index (κ2) is 8.14. The number of aryl methyl sites for hydroxylation is 1. The molecule has 1 amide bonds. The summed E-state index contributed by atoms with van der Waals surface area (Å²) in [4.78, 5) is 29.0. The Morgan fingerprint density at radius 3 is 2.77 bits per heavy atom. The van der Waals surface area contributed by atoms with E-state index in [-0.39, 0.29) is 25.0 Å². The Morgan fingerprint density at radius 1 is 1.31 bits per heavy atom. The van der Waals surface area contributed by atoms with Crippen LogP contribution in [0.2, 0.25) is 0 Å². The van der Waals surface area contributed by atoms with Crippen molar-refractivity contribution < 1.29 is 14.3 Å². The molecule has 0 aliphatic rings. The van der Waals surface area contributed by atoms with E-state index in [0.717, 1.165) is 16.9 Å². The summed E-state index contributed by atoms with van der Waals surface area (Å²) in [5, 5.41) is 4.76. The van der Waals surface area contributed by atoms with Crippen LogP contribution in [0.1, 0.15) is 36.7 Å². The Bertz CT molecular complexity index is 870. The molecular weight excluding hydrogens is 350 g/mol. The predicted octanol–water partition coefficient (Wildman–Crippen LogP) is 2.92. The molecule has 2 heterocycles. The molecule has 1 aromatic carbocycles. The zero-order chi connectivity index (χ0) is 18.5. The summed E-state index contributed by atoms with van der Waals surface area (Å²) >= 11 is 1.50. The van der Waals surface area contributed by atoms with E-state index in [4.69, 9.17) is 4.74 Å². The lowest BCUT2D eigenvalue weighted by Crippen LogP contribution is -2.31. The van der Waals surface area contributed by atoms with Gasteiger partial charge in [-0.3, -0.25) is 14.0 Å². The normalized spacial score (nSPS) is 12.1. The number of fused-ring (bicyclic) bond motifs is 1. The van der Waals surface area contributed by atoms with E-state index in [0.29, 0.717) is 5.69 Å². The van der Waals surface area contributed by atoms with Gasteiger partial charge in [-0.1, -0.05) is 31.2 Å². The van der Waals surface area contributed by atoms with Gasteiger partial charge in [-0.05, 0) is 24.5 Å². The van der Waals surface area contributed by atoms with Crippen LogP contribution in [0.5, 0.6) is 0 Å². The number of ether oxygens (including phenoxy) is 1. The van der Waals surface area contributed by atoms with Gasteiger partial charge in [0, 0.05) is 17.8 Å². The Balaban J connectivity index is 1.45. The molecule has 3 rings (SSSR count). The standard InChI is InChI=1S/C19H21N3O3S/c1-3-14-4-6-15(7-5-14)13(2)20-17(23)12-25-18(24)10-16-11-22-8-9-26-19(22)21-16/h4-9,11,13H,3,10,12H2,1-2H3,(H,20,23)/t13-/m1/s1. The molecule has 3 aromatic rings. The Kier molecular flexibility index (Phi) is 5.68. The number of amides is 1. The van der Waals surface area contributed by atoms with Crippen molar-refractivity contribution in [1.29, 1.82) is 0 Å². The maximum atomic E-state index is 12.0. The van der Waals surface area contributed by atoms with Gasteiger partial charge in [-0.2, -0.15) is 0 Å². The number of thiazole rings is 1. The summed E-state index contributed by atoms with van der Waals surface area (Å²) in [6.45, 7) is 3.71. The molecule has 0 saturated carbocycles. The number of hydrogen-bond acceptors (Lipinski definition) is 5. The van der Waals surface area contributed by atoms with Crippen LogP contribution in [0.25, 0.3) is 4.96 Å². The maximum Gasteiger partial charge on any atom is 0.312 e. The SMILES string of the molecule is CCc1ccc([C@@H](C)NC(=O)COC(=O)Cc2cn3ccsc3n2)cc1. The number of imidazole rings is 1. The minimum atomic E-state index is -0.467. The van der Waals surface area contributed by atoms with Gasteiger partial charge in [-0.25, -0.2) is 4.98 Å². The molecule has 7 heteroatoms. The Hall–Kier alpha value is -2.67. The lowest BCUT2D eigenvalue weighted by molar-refractivity contribution is -0.148. The molecule has 1 N–H and O–H groups in total. The average Bonchev–Trinajstić information content (AvgIpc) is 3.21. The molecule has 0 unspecified atom stereocenters. The Labute approximate surface area is 155 Å². The highest BCUT2D eigenvalue weighted by Gasteiger charge is 2.14. The first-order chi connectivity index (χ1) is 12.5. The number of hydrogen-bond donors (Lipinski definition) is 1. The third kappa shape index (κ3) is 4.49. The predicted molar refractivity (Wildman–Crippen MR) is 100 cm³/mol. The quantitative estimate of drug-likeness (QED) is 0.648. The number of carbonyl (C=O) groups is 2. The summed E-state index contributed by atoms with van der Waals surface area (Å²) in [6, 6.07) is 7.95. The highest BCUT2D eigenvalue weighted by Crippen LogP contribution is 2.14. The van der Waals surface area contributed by atoms with Crippen molar-refractivity contribution in [2.75, 3.05) is 6.61 Å².